The Kier molecular flexibility index (Phi) is 7.33. The van der Waals surface area contributed by atoms with Gasteiger partial charge in [0.2, 0.25) is 0 Å². The first-order chi connectivity index (χ1) is 9.09. The Morgan fingerprint density at radius 2 is 1.74 bits per heavy atom. The van der Waals surface area contributed by atoms with Crippen LogP contribution in [0.25, 0.3) is 0 Å². The van der Waals surface area contributed by atoms with Gasteiger partial charge in [-0.25, -0.2) is 0 Å². The van der Waals surface area contributed by atoms with Crippen molar-refractivity contribution in [3.63, 3.8) is 0 Å². The van der Waals surface area contributed by atoms with Crippen LogP contribution >= 0.6 is 0 Å². The second kappa shape index (κ2) is 8.23. The van der Waals surface area contributed by atoms with Gasteiger partial charge in [0, 0.05) is 24.7 Å². The largest absolute Gasteiger partial charge is 0.329 e. The first-order valence-corrected chi connectivity index (χ1v) is 8.28. The van der Waals surface area contributed by atoms with Crippen molar-refractivity contribution in [2.75, 3.05) is 32.7 Å². The van der Waals surface area contributed by atoms with Crippen LogP contribution in [0.3, 0.4) is 0 Å². The van der Waals surface area contributed by atoms with Crippen molar-refractivity contribution in [3.8, 4) is 0 Å². The van der Waals surface area contributed by atoms with Crippen LogP contribution in [0.4, 0.5) is 0 Å². The summed E-state index contributed by atoms with van der Waals surface area (Å²) in [5, 5.41) is 0. The van der Waals surface area contributed by atoms with Gasteiger partial charge in [0.15, 0.2) is 0 Å². The highest BCUT2D eigenvalue weighted by Crippen LogP contribution is 2.29. The van der Waals surface area contributed by atoms with Gasteiger partial charge >= 0.3 is 0 Å². The highest BCUT2D eigenvalue weighted by Gasteiger charge is 2.36. The summed E-state index contributed by atoms with van der Waals surface area (Å²) in [6.45, 7) is 14.9. The number of nitrogens with zero attached hydrogens (tertiary/aromatic N) is 2. The molecule has 19 heavy (non-hydrogen) atoms. The van der Waals surface area contributed by atoms with Gasteiger partial charge in [-0.05, 0) is 65.6 Å². The molecule has 3 heteroatoms. The topological polar surface area (TPSA) is 32.5 Å². The van der Waals surface area contributed by atoms with E-state index in [1.807, 2.05) is 0 Å². The van der Waals surface area contributed by atoms with E-state index in [1.54, 1.807) is 0 Å². The SMILES string of the molecule is CCCN(CCC)C1(CN)CCCN(C(C)C)CC1. The molecule has 1 fully saturated rings. The molecule has 0 aromatic heterocycles. The van der Waals surface area contributed by atoms with E-state index in [-0.39, 0.29) is 5.54 Å². The maximum absolute atomic E-state index is 6.23. The van der Waals surface area contributed by atoms with Crippen molar-refractivity contribution < 1.29 is 0 Å². The lowest BCUT2D eigenvalue weighted by atomic mass is 9.88. The summed E-state index contributed by atoms with van der Waals surface area (Å²) in [6, 6.07) is 0.666. The molecule has 2 N–H and O–H groups in total. The summed E-state index contributed by atoms with van der Waals surface area (Å²) in [4.78, 5) is 5.31. The molecule has 1 heterocycles. The normalized spacial score (nSPS) is 26.1. The summed E-state index contributed by atoms with van der Waals surface area (Å²) < 4.78 is 0. The van der Waals surface area contributed by atoms with E-state index in [9.17, 15) is 0 Å². The smallest absolute Gasteiger partial charge is 0.0344 e. The minimum absolute atomic E-state index is 0.260. The molecule has 0 radical (unpaired) electrons. The summed E-state index contributed by atoms with van der Waals surface area (Å²) >= 11 is 0. The van der Waals surface area contributed by atoms with E-state index >= 15 is 0 Å². The zero-order valence-corrected chi connectivity index (χ0v) is 13.6. The Morgan fingerprint density at radius 1 is 1.11 bits per heavy atom. The molecule has 3 nitrogen and oxygen atoms in total. The van der Waals surface area contributed by atoms with Crippen LogP contribution < -0.4 is 5.73 Å². The van der Waals surface area contributed by atoms with Crippen LogP contribution in [0.2, 0.25) is 0 Å². The summed E-state index contributed by atoms with van der Waals surface area (Å²) in [7, 11) is 0. The van der Waals surface area contributed by atoms with Crippen LogP contribution in [0.5, 0.6) is 0 Å². The van der Waals surface area contributed by atoms with Crippen LogP contribution in [0.15, 0.2) is 0 Å². The molecular formula is C16H35N3. The van der Waals surface area contributed by atoms with Crippen molar-refractivity contribution in [3.05, 3.63) is 0 Å². The Bertz CT molecular complexity index is 236. The highest BCUT2D eigenvalue weighted by molar-refractivity contribution is 4.94. The lowest BCUT2D eigenvalue weighted by Crippen LogP contribution is -2.55. The van der Waals surface area contributed by atoms with E-state index in [1.165, 1.54) is 58.3 Å². The zero-order valence-electron chi connectivity index (χ0n) is 13.6. The zero-order chi connectivity index (χ0) is 14.3. The van der Waals surface area contributed by atoms with Gasteiger partial charge in [-0.1, -0.05) is 13.8 Å². The predicted molar refractivity (Wildman–Crippen MR) is 84.5 cm³/mol. The minimum Gasteiger partial charge on any atom is -0.329 e. The summed E-state index contributed by atoms with van der Waals surface area (Å²) in [5.41, 5.74) is 6.49. The summed E-state index contributed by atoms with van der Waals surface area (Å²) in [6.07, 6.45) is 6.26. The van der Waals surface area contributed by atoms with Crippen molar-refractivity contribution in [2.45, 2.75) is 71.4 Å². The average Bonchev–Trinajstić information content (AvgIpc) is 2.62. The average molecular weight is 269 g/mol. The van der Waals surface area contributed by atoms with Crippen LogP contribution in [0.1, 0.15) is 59.8 Å². The number of likely N-dealkylation sites (tertiary alicyclic amines) is 1. The van der Waals surface area contributed by atoms with Crippen molar-refractivity contribution in [2.24, 2.45) is 5.73 Å². The Labute approximate surface area is 120 Å². The fourth-order valence-corrected chi connectivity index (χ4v) is 3.49. The molecule has 1 rings (SSSR count). The van der Waals surface area contributed by atoms with E-state index in [0.717, 1.165) is 6.54 Å². The molecule has 0 amide bonds. The van der Waals surface area contributed by atoms with Crippen LogP contribution in [0, 0.1) is 0 Å². The number of nitrogens with two attached hydrogens (primary N) is 1. The van der Waals surface area contributed by atoms with Gasteiger partial charge in [0.25, 0.3) is 0 Å². The van der Waals surface area contributed by atoms with E-state index in [4.69, 9.17) is 5.73 Å². The number of hydrogen-bond acceptors (Lipinski definition) is 3. The fourth-order valence-electron chi connectivity index (χ4n) is 3.49. The van der Waals surface area contributed by atoms with Gasteiger partial charge in [-0.2, -0.15) is 0 Å². The minimum atomic E-state index is 0.260. The fraction of sp³-hybridized carbons (Fsp3) is 1.00. The standard InChI is InChI=1S/C16H35N3/c1-5-10-19(11-6-2)16(14-17)8-7-12-18(13-9-16)15(3)4/h15H,5-14,17H2,1-4H3. The maximum Gasteiger partial charge on any atom is 0.0344 e. The molecule has 0 aromatic carbocycles. The van der Waals surface area contributed by atoms with Crippen molar-refractivity contribution in [1.29, 1.82) is 0 Å². The second-order valence-electron chi connectivity index (χ2n) is 6.40. The summed E-state index contributed by atoms with van der Waals surface area (Å²) in [5.74, 6) is 0. The Morgan fingerprint density at radius 3 is 2.21 bits per heavy atom. The van der Waals surface area contributed by atoms with Crippen molar-refractivity contribution >= 4 is 0 Å². The third-order valence-electron chi connectivity index (χ3n) is 4.72. The van der Waals surface area contributed by atoms with Gasteiger partial charge in [0.05, 0.1) is 0 Å². The third kappa shape index (κ3) is 4.44. The van der Waals surface area contributed by atoms with Gasteiger partial charge < -0.3 is 10.6 Å². The first kappa shape index (κ1) is 16.9. The number of hydrogen-bond donors (Lipinski definition) is 1. The van der Waals surface area contributed by atoms with Gasteiger partial charge in [-0.15, -0.1) is 0 Å². The molecule has 114 valence electrons. The molecule has 1 unspecified atom stereocenters. The maximum atomic E-state index is 6.23. The molecule has 0 saturated carbocycles. The van der Waals surface area contributed by atoms with Crippen LogP contribution in [-0.4, -0.2) is 54.1 Å². The molecular weight excluding hydrogens is 234 g/mol. The lowest BCUT2D eigenvalue weighted by Gasteiger charge is -2.43. The predicted octanol–water partition coefficient (Wildman–Crippen LogP) is 2.70. The molecule has 1 aliphatic heterocycles. The van der Waals surface area contributed by atoms with Gasteiger partial charge in [-0.3, -0.25) is 4.90 Å². The van der Waals surface area contributed by atoms with E-state index < -0.39 is 0 Å². The molecule has 1 saturated heterocycles. The molecule has 1 aliphatic rings. The Hall–Kier alpha value is -0.120. The monoisotopic (exact) mass is 269 g/mol. The van der Waals surface area contributed by atoms with E-state index in [0.29, 0.717) is 6.04 Å². The van der Waals surface area contributed by atoms with E-state index in [2.05, 4.69) is 37.5 Å². The quantitative estimate of drug-likeness (QED) is 0.771. The Balaban J connectivity index is 2.77. The van der Waals surface area contributed by atoms with Crippen molar-refractivity contribution in [1.82, 2.24) is 9.80 Å². The molecule has 0 spiro atoms. The molecule has 0 bridgehead atoms. The molecule has 0 aromatic rings. The van der Waals surface area contributed by atoms with Crippen LogP contribution in [-0.2, 0) is 0 Å². The third-order valence-corrected chi connectivity index (χ3v) is 4.72. The first-order valence-electron chi connectivity index (χ1n) is 8.28. The molecule has 0 aliphatic carbocycles. The number of rotatable bonds is 7. The second-order valence-corrected chi connectivity index (χ2v) is 6.40. The highest BCUT2D eigenvalue weighted by atomic mass is 15.2. The molecule has 1 atom stereocenters. The van der Waals surface area contributed by atoms with Gasteiger partial charge in [0.1, 0.15) is 0 Å². The lowest BCUT2D eigenvalue weighted by molar-refractivity contribution is 0.0762.